The summed E-state index contributed by atoms with van der Waals surface area (Å²) in [4.78, 5) is 0. The first-order valence-electron chi connectivity index (χ1n) is 5.47. The average Bonchev–Trinajstić information content (AvgIpc) is 2.41. The minimum absolute atomic E-state index is 0.297. The molecule has 0 aliphatic heterocycles. The molecule has 0 spiro atoms. The predicted octanol–water partition coefficient (Wildman–Crippen LogP) is 3.78. The minimum Gasteiger partial charge on any atom is -0.366 e. The van der Waals surface area contributed by atoms with Crippen molar-refractivity contribution in [3.05, 3.63) is 65.5 Å². The fraction of sp³-hybridized carbons (Fsp3) is 0.0714. The van der Waals surface area contributed by atoms with E-state index in [1.54, 1.807) is 0 Å². The molecular formula is C14H9F3N2. The molecule has 0 aromatic heterocycles. The fourth-order valence-corrected chi connectivity index (χ4v) is 1.59. The number of nitriles is 1. The van der Waals surface area contributed by atoms with E-state index in [0.29, 0.717) is 11.3 Å². The summed E-state index contributed by atoms with van der Waals surface area (Å²) in [5, 5.41) is 11.9. The van der Waals surface area contributed by atoms with Crippen molar-refractivity contribution < 1.29 is 13.2 Å². The van der Waals surface area contributed by atoms with Gasteiger partial charge in [-0.25, -0.2) is 13.2 Å². The van der Waals surface area contributed by atoms with E-state index in [4.69, 9.17) is 5.26 Å². The van der Waals surface area contributed by atoms with E-state index in [9.17, 15) is 13.2 Å². The summed E-state index contributed by atoms with van der Waals surface area (Å²) in [7, 11) is 0. The van der Waals surface area contributed by atoms with E-state index in [1.807, 2.05) is 6.07 Å². The zero-order chi connectivity index (χ0) is 13.8. The van der Waals surface area contributed by atoms with E-state index < -0.39 is 23.5 Å². The first kappa shape index (κ1) is 13.0. The van der Waals surface area contributed by atoms with Gasteiger partial charge in [0.05, 0.1) is 6.07 Å². The molecule has 0 aliphatic carbocycles. The molecule has 0 saturated heterocycles. The van der Waals surface area contributed by atoms with Gasteiger partial charge in [-0.15, -0.1) is 0 Å². The van der Waals surface area contributed by atoms with E-state index >= 15 is 0 Å². The lowest BCUT2D eigenvalue weighted by Gasteiger charge is -2.13. The normalized spacial score (nSPS) is 11.7. The number of hydrogen-bond donors (Lipinski definition) is 1. The van der Waals surface area contributed by atoms with Gasteiger partial charge in [0.1, 0.15) is 11.9 Å². The smallest absolute Gasteiger partial charge is 0.159 e. The van der Waals surface area contributed by atoms with Crippen LogP contribution in [0.1, 0.15) is 11.6 Å². The summed E-state index contributed by atoms with van der Waals surface area (Å²) in [5.41, 5.74) is 0.809. The molecule has 1 N–H and O–H groups in total. The Morgan fingerprint density at radius 1 is 0.947 bits per heavy atom. The van der Waals surface area contributed by atoms with Crippen molar-refractivity contribution in [2.45, 2.75) is 6.04 Å². The zero-order valence-corrected chi connectivity index (χ0v) is 9.70. The maximum absolute atomic E-state index is 13.1. The summed E-state index contributed by atoms with van der Waals surface area (Å²) in [6.45, 7) is 0. The van der Waals surface area contributed by atoms with Crippen molar-refractivity contribution in [2.24, 2.45) is 0 Å². The van der Waals surface area contributed by atoms with Gasteiger partial charge in [0.25, 0.3) is 0 Å². The van der Waals surface area contributed by atoms with Gasteiger partial charge in [0.2, 0.25) is 0 Å². The lowest BCUT2D eigenvalue weighted by atomic mass is 10.1. The second-order valence-electron chi connectivity index (χ2n) is 3.89. The first-order chi connectivity index (χ1) is 9.10. The Morgan fingerprint density at radius 3 is 2.21 bits per heavy atom. The molecule has 1 unspecified atom stereocenters. The third-order valence-corrected chi connectivity index (χ3v) is 2.56. The monoisotopic (exact) mass is 262 g/mol. The summed E-state index contributed by atoms with van der Waals surface area (Å²) in [6.07, 6.45) is 0. The quantitative estimate of drug-likeness (QED) is 0.913. The summed E-state index contributed by atoms with van der Waals surface area (Å²) in [5.74, 6) is -2.38. The molecule has 19 heavy (non-hydrogen) atoms. The predicted molar refractivity (Wildman–Crippen MR) is 64.7 cm³/mol. The molecule has 96 valence electrons. The van der Waals surface area contributed by atoms with Crippen LogP contribution >= 0.6 is 0 Å². The largest absolute Gasteiger partial charge is 0.366 e. The van der Waals surface area contributed by atoms with Crippen LogP contribution in [0.15, 0.2) is 42.5 Å². The standard InChI is InChI=1S/C14H9F3N2/c15-10-2-4-11(5-3-10)19-14(8-18)9-1-6-12(16)13(17)7-9/h1-7,14,19H. The SMILES string of the molecule is N#CC(Nc1ccc(F)cc1)c1ccc(F)c(F)c1. The number of halogens is 3. The Kier molecular flexibility index (Phi) is 3.71. The second-order valence-corrected chi connectivity index (χ2v) is 3.89. The van der Waals surface area contributed by atoms with Crippen LogP contribution in [0.4, 0.5) is 18.9 Å². The number of nitrogens with one attached hydrogen (secondary N) is 1. The molecule has 2 aromatic rings. The van der Waals surface area contributed by atoms with E-state index in [1.165, 1.54) is 30.3 Å². The van der Waals surface area contributed by atoms with Crippen LogP contribution in [-0.4, -0.2) is 0 Å². The van der Waals surface area contributed by atoms with Gasteiger partial charge in [-0.1, -0.05) is 6.07 Å². The third-order valence-electron chi connectivity index (χ3n) is 2.56. The van der Waals surface area contributed by atoms with Crippen molar-refractivity contribution >= 4 is 5.69 Å². The molecule has 0 saturated carbocycles. The van der Waals surface area contributed by atoms with Gasteiger partial charge < -0.3 is 5.32 Å². The van der Waals surface area contributed by atoms with Crippen molar-refractivity contribution in [1.29, 1.82) is 5.26 Å². The highest BCUT2D eigenvalue weighted by molar-refractivity contribution is 5.47. The number of hydrogen-bond acceptors (Lipinski definition) is 2. The molecule has 0 aliphatic rings. The molecule has 1 atom stereocenters. The topological polar surface area (TPSA) is 35.8 Å². The summed E-state index contributed by atoms with van der Waals surface area (Å²) < 4.78 is 38.7. The highest BCUT2D eigenvalue weighted by Crippen LogP contribution is 2.21. The van der Waals surface area contributed by atoms with Gasteiger partial charge in [-0.3, -0.25) is 0 Å². The minimum atomic E-state index is -1.02. The van der Waals surface area contributed by atoms with Crippen molar-refractivity contribution in [3.63, 3.8) is 0 Å². The van der Waals surface area contributed by atoms with Crippen LogP contribution in [0.2, 0.25) is 0 Å². The molecule has 2 rings (SSSR count). The van der Waals surface area contributed by atoms with Gasteiger partial charge in [-0.2, -0.15) is 5.26 Å². The van der Waals surface area contributed by atoms with Gasteiger partial charge in [-0.05, 0) is 42.0 Å². The van der Waals surface area contributed by atoms with Gasteiger partial charge in [0, 0.05) is 5.69 Å². The lowest BCUT2D eigenvalue weighted by Crippen LogP contribution is -2.09. The highest BCUT2D eigenvalue weighted by Gasteiger charge is 2.13. The number of rotatable bonds is 3. The van der Waals surface area contributed by atoms with Crippen LogP contribution < -0.4 is 5.32 Å². The van der Waals surface area contributed by atoms with Crippen LogP contribution in [0.3, 0.4) is 0 Å². The van der Waals surface area contributed by atoms with E-state index in [0.717, 1.165) is 12.1 Å². The Balaban J connectivity index is 2.23. The molecule has 0 fully saturated rings. The van der Waals surface area contributed by atoms with E-state index in [-0.39, 0.29) is 0 Å². The Hall–Kier alpha value is -2.48. The number of nitrogens with zero attached hydrogens (tertiary/aromatic N) is 1. The number of benzene rings is 2. The maximum Gasteiger partial charge on any atom is 0.159 e. The molecule has 0 amide bonds. The third kappa shape index (κ3) is 3.05. The van der Waals surface area contributed by atoms with Crippen molar-refractivity contribution in [1.82, 2.24) is 0 Å². The molecule has 5 heteroatoms. The number of anilines is 1. The zero-order valence-electron chi connectivity index (χ0n) is 9.70. The van der Waals surface area contributed by atoms with Crippen LogP contribution in [0, 0.1) is 28.8 Å². The molecule has 2 nitrogen and oxygen atoms in total. The Morgan fingerprint density at radius 2 is 1.63 bits per heavy atom. The average molecular weight is 262 g/mol. The lowest BCUT2D eigenvalue weighted by molar-refractivity contribution is 0.507. The van der Waals surface area contributed by atoms with Crippen molar-refractivity contribution in [2.75, 3.05) is 5.32 Å². The fourth-order valence-electron chi connectivity index (χ4n) is 1.59. The molecule has 0 radical (unpaired) electrons. The van der Waals surface area contributed by atoms with E-state index in [2.05, 4.69) is 5.32 Å². The molecule has 2 aromatic carbocycles. The highest BCUT2D eigenvalue weighted by atomic mass is 19.2. The van der Waals surface area contributed by atoms with Crippen LogP contribution in [0.25, 0.3) is 0 Å². The summed E-state index contributed by atoms with van der Waals surface area (Å²) >= 11 is 0. The van der Waals surface area contributed by atoms with Crippen molar-refractivity contribution in [3.8, 4) is 6.07 Å². The van der Waals surface area contributed by atoms with Crippen LogP contribution in [-0.2, 0) is 0 Å². The van der Waals surface area contributed by atoms with Gasteiger partial charge >= 0.3 is 0 Å². The molecule has 0 heterocycles. The van der Waals surface area contributed by atoms with Gasteiger partial charge in [0.15, 0.2) is 11.6 Å². The second kappa shape index (κ2) is 5.44. The molecule has 0 bridgehead atoms. The summed E-state index contributed by atoms with van der Waals surface area (Å²) in [6, 6.07) is 9.72. The Bertz CT molecular complexity index is 618. The van der Waals surface area contributed by atoms with Crippen LogP contribution in [0.5, 0.6) is 0 Å². The first-order valence-corrected chi connectivity index (χ1v) is 5.47. The maximum atomic E-state index is 13.1. The Labute approximate surface area is 108 Å². The molecular weight excluding hydrogens is 253 g/mol.